The van der Waals surface area contributed by atoms with Crippen molar-refractivity contribution in [3.05, 3.63) is 70.7 Å². The molecular formula is C19H24ClN3O. The fourth-order valence-corrected chi connectivity index (χ4v) is 2.48. The molecule has 0 saturated heterocycles. The highest BCUT2D eigenvalue weighted by atomic mass is 35.5. The number of aliphatic hydroxyl groups is 1. The Labute approximate surface area is 148 Å². The molecule has 2 rings (SSSR count). The van der Waals surface area contributed by atoms with Gasteiger partial charge in [0.25, 0.3) is 0 Å². The van der Waals surface area contributed by atoms with Gasteiger partial charge in [-0.25, -0.2) is 4.99 Å². The lowest BCUT2D eigenvalue weighted by Gasteiger charge is -2.25. The van der Waals surface area contributed by atoms with Gasteiger partial charge in [-0.05, 0) is 31.0 Å². The van der Waals surface area contributed by atoms with Gasteiger partial charge in [0.15, 0.2) is 5.96 Å². The predicted molar refractivity (Wildman–Crippen MR) is 100 cm³/mol. The maximum absolute atomic E-state index is 10.7. The molecule has 5 heteroatoms. The number of guanidine groups is 1. The van der Waals surface area contributed by atoms with Crippen molar-refractivity contribution in [3.63, 3.8) is 0 Å². The molecule has 0 fully saturated rings. The third-order valence-electron chi connectivity index (χ3n) is 3.71. The molecule has 128 valence electrons. The summed E-state index contributed by atoms with van der Waals surface area (Å²) in [5.41, 5.74) is 0.840. The smallest absolute Gasteiger partial charge is 0.191 e. The van der Waals surface area contributed by atoms with Crippen LogP contribution in [0.3, 0.4) is 0 Å². The Morgan fingerprint density at radius 2 is 1.75 bits per heavy atom. The van der Waals surface area contributed by atoms with Gasteiger partial charge in [-0.2, -0.15) is 0 Å². The number of halogens is 1. The summed E-state index contributed by atoms with van der Waals surface area (Å²) in [6, 6.07) is 17.2. The second kappa shape index (κ2) is 8.71. The number of aliphatic imine (C=N–C) groups is 1. The van der Waals surface area contributed by atoms with E-state index in [0.717, 1.165) is 17.7 Å². The number of rotatable bonds is 6. The van der Waals surface area contributed by atoms with Crippen LogP contribution in [0, 0.1) is 0 Å². The van der Waals surface area contributed by atoms with Crippen molar-refractivity contribution < 1.29 is 5.11 Å². The second-order valence-electron chi connectivity index (χ2n) is 5.78. The summed E-state index contributed by atoms with van der Waals surface area (Å²) in [6.45, 7) is 5.35. The first-order valence-corrected chi connectivity index (χ1v) is 8.44. The van der Waals surface area contributed by atoms with Crippen molar-refractivity contribution in [3.8, 4) is 0 Å². The fourth-order valence-electron chi connectivity index (χ4n) is 2.29. The third-order valence-corrected chi connectivity index (χ3v) is 4.07. The molecule has 0 spiro atoms. The minimum Gasteiger partial charge on any atom is -0.384 e. The van der Waals surface area contributed by atoms with Crippen molar-refractivity contribution >= 4 is 17.6 Å². The van der Waals surface area contributed by atoms with Crippen LogP contribution in [-0.4, -0.2) is 24.2 Å². The lowest BCUT2D eigenvalue weighted by molar-refractivity contribution is 0.0617. The Bertz CT molecular complexity index is 671. The average Bonchev–Trinajstić information content (AvgIpc) is 2.59. The zero-order valence-electron chi connectivity index (χ0n) is 14.1. The molecule has 0 saturated carbocycles. The zero-order chi connectivity index (χ0) is 17.4. The van der Waals surface area contributed by atoms with Gasteiger partial charge in [-0.1, -0.05) is 60.1 Å². The molecule has 0 radical (unpaired) electrons. The Morgan fingerprint density at radius 3 is 2.42 bits per heavy atom. The van der Waals surface area contributed by atoms with Crippen molar-refractivity contribution in [1.82, 2.24) is 10.6 Å². The van der Waals surface area contributed by atoms with Gasteiger partial charge in [0.05, 0.1) is 13.1 Å². The minimum atomic E-state index is -0.984. The fraction of sp³-hybridized carbons (Fsp3) is 0.316. The highest BCUT2D eigenvalue weighted by Gasteiger charge is 2.22. The molecular weight excluding hydrogens is 322 g/mol. The van der Waals surface area contributed by atoms with Crippen LogP contribution in [-0.2, 0) is 12.1 Å². The monoisotopic (exact) mass is 345 g/mol. The van der Waals surface area contributed by atoms with Crippen LogP contribution in [0.5, 0.6) is 0 Å². The summed E-state index contributed by atoms with van der Waals surface area (Å²) in [7, 11) is 0. The summed E-state index contributed by atoms with van der Waals surface area (Å²) in [5.74, 6) is 0.647. The van der Waals surface area contributed by atoms with Crippen LogP contribution in [0.4, 0.5) is 0 Å². The molecule has 0 amide bonds. The number of nitrogens with zero attached hydrogens (tertiary/aromatic N) is 1. The second-order valence-corrected chi connectivity index (χ2v) is 6.19. The molecule has 0 aliphatic heterocycles. The van der Waals surface area contributed by atoms with Crippen molar-refractivity contribution in [1.29, 1.82) is 0 Å². The lowest BCUT2D eigenvalue weighted by Crippen LogP contribution is -2.44. The van der Waals surface area contributed by atoms with Gasteiger partial charge in [-0.15, -0.1) is 0 Å². The van der Waals surface area contributed by atoms with Crippen LogP contribution in [0.1, 0.15) is 25.0 Å². The molecule has 2 aromatic carbocycles. The maximum Gasteiger partial charge on any atom is 0.191 e. The summed E-state index contributed by atoms with van der Waals surface area (Å²) >= 11 is 6.16. The molecule has 1 atom stereocenters. The molecule has 0 heterocycles. The van der Waals surface area contributed by atoms with Crippen LogP contribution in [0.15, 0.2) is 59.6 Å². The van der Waals surface area contributed by atoms with E-state index in [1.54, 1.807) is 6.92 Å². The van der Waals surface area contributed by atoms with Crippen molar-refractivity contribution in [2.24, 2.45) is 4.99 Å². The average molecular weight is 346 g/mol. The number of hydrogen-bond acceptors (Lipinski definition) is 2. The van der Waals surface area contributed by atoms with E-state index in [-0.39, 0.29) is 0 Å². The molecule has 0 aliphatic rings. The highest BCUT2D eigenvalue weighted by Crippen LogP contribution is 2.19. The molecule has 0 aliphatic carbocycles. The van der Waals surface area contributed by atoms with Crippen molar-refractivity contribution in [2.75, 3.05) is 13.1 Å². The number of nitrogens with one attached hydrogen (secondary N) is 2. The third kappa shape index (κ3) is 5.25. The summed E-state index contributed by atoms with van der Waals surface area (Å²) in [4.78, 5) is 4.54. The van der Waals surface area contributed by atoms with Crippen LogP contribution in [0.25, 0.3) is 0 Å². The first kappa shape index (κ1) is 18.3. The Morgan fingerprint density at radius 1 is 1.08 bits per heavy atom. The zero-order valence-corrected chi connectivity index (χ0v) is 14.8. The molecule has 2 aromatic rings. The van der Waals surface area contributed by atoms with Crippen LogP contribution in [0.2, 0.25) is 5.02 Å². The number of hydrogen-bond donors (Lipinski definition) is 3. The van der Waals surface area contributed by atoms with E-state index in [1.165, 1.54) is 0 Å². The van der Waals surface area contributed by atoms with Gasteiger partial charge in [0, 0.05) is 11.6 Å². The molecule has 3 N–H and O–H groups in total. The molecule has 0 aromatic heterocycles. The quantitative estimate of drug-likeness (QED) is 0.556. The Balaban J connectivity index is 2.03. The van der Waals surface area contributed by atoms with Gasteiger partial charge in [0.2, 0.25) is 0 Å². The summed E-state index contributed by atoms with van der Waals surface area (Å²) in [6.07, 6.45) is 0. The molecule has 1 unspecified atom stereocenters. The molecule has 0 bridgehead atoms. The van der Waals surface area contributed by atoms with E-state index in [0.29, 0.717) is 24.1 Å². The van der Waals surface area contributed by atoms with E-state index in [2.05, 4.69) is 15.6 Å². The lowest BCUT2D eigenvalue weighted by atomic mass is 9.96. The predicted octanol–water partition coefficient (Wildman–Crippen LogP) is 3.30. The first-order chi connectivity index (χ1) is 11.5. The minimum absolute atomic E-state index is 0.353. The van der Waals surface area contributed by atoms with E-state index in [4.69, 9.17) is 11.6 Å². The first-order valence-electron chi connectivity index (χ1n) is 8.06. The van der Waals surface area contributed by atoms with Gasteiger partial charge < -0.3 is 15.7 Å². The summed E-state index contributed by atoms with van der Waals surface area (Å²) in [5, 5.41) is 17.7. The van der Waals surface area contributed by atoms with E-state index in [1.807, 2.05) is 61.5 Å². The van der Waals surface area contributed by atoms with Gasteiger partial charge in [0.1, 0.15) is 5.60 Å². The number of benzene rings is 2. The highest BCUT2D eigenvalue weighted by molar-refractivity contribution is 6.31. The Kier molecular flexibility index (Phi) is 6.64. The van der Waals surface area contributed by atoms with Gasteiger partial charge >= 0.3 is 0 Å². The van der Waals surface area contributed by atoms with Crippen molar-refractivity contribution in [2.45, 2.75) is 26.0 Å². The Hall–Kier alpha value is -2.04. The van der Waals surface area contributed by atoms with Crippen LogP contribution < -0.4 is 10.6 Å². The van der Waals surface area contributed by atoms with E-state index >= 15 is 0 Å². The topological polar surface area (TPSA) is 56.7 Å². The molecule has 24 heavy (non-hydrogen) atoms. The maximum atomic E-state index is 10.7. The van der Waals surface area contributed by atoms with Crippen LogP contribution >= 0.6 is 11.6 Å². The standard InChI is InChI=1S/C19H24ClN3O/c1-3-21-18(22-13-15-9-7-8-12-17(15)20)23-14-19(2,24)16-10-5-4-6-11-16/h4-12,24H,3,13-14H2,1-2H3,(H2,21,22,23). The normalized spacial score (nSPS) is 14.1. The van der Waals surface area contributed by atoms with E-state index in [9.17, 15) is 5.11 Å². The van der Waals surface area contributed by atoms with E-state index < -0.39 is 5.60 Å². The SMILES string of the molecule is CCNC(=NCc1ccccc1Cl)NCC(C)(O)c1ccccc1. The summed E-state index contributed by atoms with van der Waals surface area (Å²) < 4.78 is 0. The van der Waals surface area contributed by atoms with Gasteiger partial charge in [-0.3, -0.25) is 0 Å². The molecule has 4 nitrogen and oxygen atoms in total. The largest absolute Gasteiger partial charge is 0.384 e.